The number of ketones is 1. The van der Waals surface area contributed by atoms with Crippen molar-refractivity contribution in [2.75, 3.05) is 18.6 Å². The molecule has 5 rings (SSSR count). The van der Waals surface area contributed by atoms with Crippen molar-refractivity contribution in [3.63, 3.8) is 0 Å². The first-order valence-electron chi connectivity index (χ1n) is 11.1. The van der Waals surface area contributed by atoms with E-state index in [1.807, 2.05) is 13.0 Å². The third kappa shape index (κ3) is 4.30. The maximum Gasteiger partial charge on any atom is 0.301 e. The summed E-state index contributed by atoms with van der Waals surface area (Å²) in [7, 11) is 1.39. The normalized spacial score (nSPS) is 16.9. The zero-order valence-electron chi connectivity index (χ0n) is 19.6. The molecule has 1 saturated heterocycles. The van der Waals surface area contributed by atoms with Crippen molar-refractivity contribution in [3.8, 4) is 17.2 Å². The molecule has 2 aromatic heterocycles. The molecule has 4 aromatic rings. The third-order valence-electron chi connectivity index (χ3n) is 5.85. The van der Waals surface area contributed by atoms with Crippen LogP contribution in [0.2, 0.25) is 0 Å². The molecule has 2 aromatic carbocycles. The van der Waals surface area contributed by atoms with Crippen LogP contribution in [0.25, 0.3) is 16.0 Å². The van der Waals surface area contributed by atoms with Crippen molar-refractivity contribution < 1.29 is 29.3 Å². The molecule has 2 N–H and O–H groups in total. The molecular weight excluding hydrogens is 562 g/mol. The largest absolute Gasteiger partial charge is 0.507 e. The second kappa shape index (κ2) is 9.83. The van der Waals surface area contributed by atoms with Crippen LogP contribution in [0.3, 0.4) is 0 Å². The molecular formula is C26H20BrN3O6S. The first kappa shape index (κ1) is 24.7. The lowest BCUT2D eigenvalue weighted by Crippen LogP contribution is -2.29. The van der Waals surface area contributed by atoms with Crippen molar-refractivity contribution in [1.82, 2.24) is 9.97 Å². The minimum Gasteiger partial charge on any atom is -0.507 e. The molecule has 188 valence electrons. The van der Waals surface area contributed by atoms with Crippen LogP contribution in [-0.2, 0) is 9.59 Å². The Bertz CT molecular complexity index is 1570. The third-order valence-corrected chi connectivity index (χ3v) is 7.47. The van der Waals surface area contributed by atoms with E-state index in [4.69, 9.17) is 9.47 Å². The van der Waals surface area contributed by atoms with Crippen LogP contribution in [0, 0.1) is 0 Å². The molecule has 1 fully saturated rings. The van der Waals surface area contributed by atoms with E-state index in [0.717, 1.165) is 4.70 Å². The highest BCUT2D eigenvalue weighted by molar-refractivity contribution is 9.10. The van der Waals surface area contributed by atoms with Crippen LogP contribution in [0.4, 0.5) is 5.13 Å². The van der Waals surface area contributed by atoms with Gasteiger partial charge >= 0.3 is 5.91 Å². The molecule has 1 amide bonds. The number of fused-ring (bicyclic) bond motifs is 1. The monoisotopic (exact) mass is 581 g/mol. The summed E-state index contributed by atoms with van der Waals surface area (Å²) in [5, 5.41) is 21.8. The zero-order chi connectivity index (χ0) is 26.3. The van der Waals surface area contributed by atoms with Crippen LogP contribution < -0.4 is 14.4 Å². The van der Waals surface area contributed by atoms with Crippen LogP contribution >= 0.6 is 27.3 Å². The number of thiazole rings is 1. The SMILES string of the molecule is CCOc1ccc2nc(N3C(=O)C(=O)/C(=C(/O)c4ccncc4)C3c3cc(Br)c(O)c(OC)c3)sc2c1. The lowest BCUT2D eigenvalue weighted by molar-refractivity contribution is -0.132. The number of carbonyl (C=O) groups excluding carboxylic acids is 2. The number of anilines is 1. The van der Waals surface area contributed by atoms with E-state index < -0.39 is 17.7 Å². The van der Waals surface area contributed by atoms with Gasteiger partial charge in [0.05, 0.1) is 40.0 Å². The number of halogens is 1. The maximum atomic E-state index is 13.5. The number of pyridine rings is 1. The number of hydrogen-bond acceptors (Lipinski definition) is 9. The smallest absolute Gasteiger partial charge is 0.301 e. The fourth-order valence-electron chi connectivity index (χ4n) is 4.17. The summed E-state index contributed by atoms with van der Waals surface area (Å²) in [6.07, 6.45) is 2.95. The molecule has 0 bridgehead atoms. The number of amides is 1. The first-order chi connectivity index (χ1) is 17.8. The molecule has 1 unspecified atom stereocenters. The molecule has 0 saturated carbocycles. The molecule has 9 nitrogen and oxygen atoms in total. The van der Waals surface area contributed by atoms with E-state index >= 15 is 0 Å². The van der Waals surface area contributed by atoms with E-state index in [1.54, 1.807) is 30.3 Å². The summed E-state index contributed by atoms with van der Waals surface area (Å²) in [5.41, 5.74) is 1.26. The van der Waals surface area contributed by atoms with Gasteiger partial charge in [-0.05, 0) is 70.9 Å². The van der Waals surface area contributed by atoms with Crippen LogP contribution in [0.5, 0.6) is 17.2 Å². The summed E-state index contributed by atoms with van der Waals surface area (Å²) in [4.78, 5) is 36.7. The first-order valence-corrected chi connectivity index (χ1v) is 12.8. The number of benzene rings is 2. The number of methoxy groups -OCH3 is 1. The number of rotatable bonds is 6. The summed E-state index contributed by atoms with van der Waals surface area (Å²) >= 11 is 4.53. The van der Waals surface area contributed by atoms with Gasteiger partial charge in [-0.3, -0.25) is 19.5 Å². The standard InChI is InChI=1S/C26H20BrN3O6S/c1-3-36-15-4-5-17-19(12-15)37-26(29-17)30-21(14-10-16(27)23(32)18(11-14)35-2)20(24(33)25(30)34)22(31)13-6-8-28-9-7-13/h4-12,21,31-32H,3H2,1-2H3/b22-20+. The Labute approximate surface area is 223 Å². The highest BCUT2D eigenvalue weighted by Crippen LogP contribution is 2.47. The Morgan fingerprint density at radius 2 is 1.92 bits per heavy atom. The maximum absolute atomic E-state index is 13.5. The number of Topliss-reactive ketones (excluding diaryl/α,β-unsaturated/α-hetero) is 1. The molecule has 1 atom stereocenters. The molecule has 37 heavy (non-hydrogen) atoms. The second-order valence-corrected chi connectivity index (χ2v) is 9.88. The van der Waals surface area contributed by atoms with Gasteiger partial charge in [0.1, 0.15) is 11.5 Å². The summed E-state index contributed by atoms with van der Waals surface area (Å²) in [6.45, 7) is 2.38. The number of aromatic nitrogens is 2. The predicted molar refractivity (Wildman–Crippen MR) is 142 cm³/mol. The van der Waals surface area contributed by atoms with Crippen LogP contribution in [0.15, 0.2) is 64.9 Å². The number of aliphatic hydroxyl groups excluding tert-OH is 1. The quantitative estimate of drug-likeness (QED) is 0.181. The van der Waals surface area contributed by atoms with E-state index in [2.05, 4.69) is 25.9 Å². The fourth-order valence-corrected chi connectivity index (χ4v) is 5.65. The molecule has 3 heterocycles. The number of nitrogens with zero attached hydrogens (tertiary/aromatic N) is 3. The summed E-state index contributed by atoms with van der Waals surface area (Å²) in [5.74, 6) is -1.40. The lowest BCUT2D eigenvalue weighted by atomic mass is 9.95. The van der Waals surface area contributed by atoms with Gasteiger partial charge in [-0.15, -0.1) is 0 Å². The number of carbonyl (C=O) groups is 2. The molecule has 0 spiro atoms. The van der Waals surface area contributed by atoms with Crippen molar-refractivity contribution in [1.29, 1.82) is 0 Å². The minimum atomic E-state index is -1.05. The highest BCUT2D eigenvalue weighted by atomic mass is 79.9. The number of aliphatic hydroxyl groups is 1. The van der Waals surface area contributed by atoms with Crippen molar-refractivity contribution in [2.24, 2.45) is 0 Å². The Hall–Kier alpha value is -3.96. The molecule has 0 aliphatic carbocycles. The average molecular weight is 582 g/mol. The lowest BCUT2D eigenvalue weighted by Gasteiger charge is -2.24. The summed E-state index contributed by atoms with van der Waals surface area (Å²) in [6, 6.07) is 10.5. The van der Waals surface area contributed by atoms with Gasteiger partial charge in [0.2, 0.25) is 0 Å². The molecule has 1 aliphatic heterocycles. The Morgan fingerprint density at radius 1 is 1.16 bits per heavy atom. The Kier molecular flexibility index (Phi) is 6.57. The predicted octanol–water partition coefficient (Wildman–Crippen LogP) is 5.19. The van der Waals surface area contributed by atoms with E-state index in [0.29, 0.717) is 33.5 Å². The number of ether oxygens (including phenoxy) is 2. The second-order valence-electron chi connectivity index (χ2n) is 8.02. The van der Waals surface area contributed by atoms with Gasteiger partial charge < -0.3 is 19.7 Å². The number of aromatic hydroxyl groups is 1. The Balaban J connectivity index is 1.74. The van der Waals surface area contributed by atoms with E-state index in [1.165, 1.54) is 41.8 Å². The van der Waals surface area contributed by atoms with E-state index in [9.17, 15) is 19.8 Å². The number of phenolic OH excluding ortho intramolecular Hbond substituents is 1. The van der Waals surface area contributed by atoms with Gasteiger partial charge in [0.25, 0.3) is 5.78 Å². The van der Waals surface area contributed by atoms with Gasteiger partial charge in [-0.2, -0.15) is 0 Å². The van der Waals surface area contributed by atoms with Crippen molar-refractivity contribution in [2.45, 2.75) is 13.0 Å². The van der Waals surface area contributed by atoms with Crippen LogP contribution in [-0.4, -0.2) is 45.6 Å². The zero-order valence-corrected chi connectivity index (χ0v) is 22.0. The Morgan fingerprint density at radius 3 is 2.62 bits per heavy atom. The molecule has 11 heteroatoms. The van der Waals surface area contributed by atoms with Gasteiger partial charge in [-0.25, -0.2) is 4.98 Å². The summed E-state index contributed by atoms with van der Waals surface area (Å²) < 4.78 is 11.9. The molecule has 0 radical (unpaired) electrons. The van der Waals surface area contributed by atoms with Crippen molar-refractivity contribution >= 4 is 60.1 Å². The number of phenols is 1. The highest BCUT2D eigenvalue weighted by Gasteiger charge is 2.48. The van der Waals surface area contributed by atoms with Crippen molar-refractivity contribution in [3.05, 3.63) is 76.0 Å². The van der Waals surface area contributed by atoms with Gasteiger partial charge in [0.15, 0.2) is 16.6 Å². The fraction of sp³-hybridized carbons (Fsp3) is 0.154. The van der Waals surface area contributed by atoms with Gasteiger partial charge in [-0.1, -0.05) is 11.3 Å². The molecule has 1 aliphatic rings. The average Bonchev–Trinajstić information content (AvgIpc) is 3.43. The topological polar surface area (TPSA) is 122 Å². The minimum absolute atomic E-state index is 0.120. The number of hydrogen-bond donors (Lipinski definition) is 2. The van der Waals surface area contributed by atoms with Gasteiger partial charge in [0, 0.05) is 18.0 Å². The van der Waals surface area contributed by atoms with Crippen LogP contribution in [0.1, 0.15) is 24.1 Å². The van der Waals surface area contributed by atoms with E-state index in [-0.39, 0.29) is 28.0 Å².